The van der Waals surface area contributed by atoms with Crippen molar-refractivity contribution >= 4 is 17.5 Å². The predicted molar refractivity (Wildman–Crippen MR) is 76.4 cm³/mol. The van der Waals surface area contributed by atoms with Crippen molar-refractivity contribution in [1.82, 2.24) is 4.90 Å². The molecule has 1 unspecified atom stereocenters. The largest absolute Gasteiger partial charge is 0.375 e. The quantitative estimate of drug-likeness (QED) is 0.849. The zero-order valence-corrected chi connectivity index (χ0v) is 12.0. The number of carbonyl (C=O) groups excluding carboxylic acids is 1. The van der Waals surface area contributed by atoms with Crippen LogP contribution in [0.15, 0.2) is 24.3 Å². The number of aryl methyl sites for hydroxylation is 1. The lowest BCUT2D eigenvalue weighted by Crippen LogP contribution is -2.44. The van der Waals surface area contributed by atoms with Gasteiger partial charge in [-0.05, 0) is 37.5 Å². The van der Waals surface area contributed by atoms with Crippen molar-refractivity contribution in [3.05, 3.63) is 34.9 Å². The molecule has 1 aliphatic rings. The van der Waals surface area contributed by atoms with Crippen molar-refractivity contribution in [3.63, 3.8) is 0 Å². The van der Waals surface area contributed by atoms with Gasteiger partial charge < -0.3 is 9.64 Å². The summed E-state index contributed by atoms with van der Waals surface area (Å²) in [7, 11) is 0. The minimum atomic E-state index is 0.158. The van der Waals surface area contributed by atoms with Gasteiger partial charge in [-0.3, -0.25) is 4.79 Å². The summed E-state index contributed by atoms with van der Waals surface area (Å²) in [5, 5.41) is 0.755. The maximum atomic E-state index is 12.0. The van der Waals surface area contributed by atoms with Crippen LogP contribution in [-0.4, -0.2) is 36.6 Å². The zero-order valence-electron chi connectivity index (χ0n) is 11.3. The van der Waals surface area contributed by atoms with E-state index in [1.54, 1.807) is 0 Å². The molecule has 0 aromatic heterocycles. The molecule has 0 bridgehead atoms. The second-order valence-electron chi connectivity index (χ2n) is 5.00. The summed E-state index contributed by atoms with van der Waals surface area (Å²) in [4.78, 5) is 14.0. The second kappa shape index (κ2) is 6.92. The van der Waals surface area contributed by atoms with E-state index < -0.39 is 0 Å². The number of morpholine rings is 1. The van der Waals surface area contributed by atoms with Gasteiger partial charge >= 0.3 is 0 Å². The fourth-order valence-corrected chi connectivity index (χ4v) is 2.55. The van der Waals surface area contributed by atoms with Crippen LogP contribution < -0.4 is 0 Å². The molecule has 1 atom stereocenters. The molecule has 1 heterocycles. The van der Waals surface area contributed by atoms with E-state index in [-0.39, 0.29) is 12.0 Å². The normalized spacial score (nSPS) is 19.5. The Morgan fingerprint density at radius 3 is 3.11 bits per heavy atom. The van der Waals surface area contributed by atoms with E-state index in [2.05, 4.69) is 0 Å². The third-order valence-electron chi connectivity index (χ3n) is 3.34. The van der Waals surface area contributed by atoms with Gasteiger partial charge in [0.1, 0.15) is 0 Å². The Hall–Kier alpha value is -1.06. The van der Waals surface area contributed by atoms with Gasteiger partial charge in [-0.25, -0.2) is 0 Å². The van der Waals surface area contributed by atoms with Gasteiger partial charge in [-0.1, -0.05) is 23.7 Å². The fourth-order valence-electron chi connectivity index (χ4n) is 2.34. The Balaban J connectivity index is 1.74. The van der Waals surface area contributed by atoms with Gasteiger partial charge in [-0.2, -0.15) is 0 Å². The smallest absolute Gasteiger partial charge is 0.222 e. The summed E-state index contributed by atoms with van der Waals surface area (Å²) in [6.45, 7) is 4.10. The van der Waals surface area contributed by atoms with E-state index >= 15 is 0 Å². The summed E-state index contributed by atoms with van der Waals surface area (Å²) in [6, 6.07) is 7.82. The maximum Gasteiger partial charge on any atom is 0.222 e. The summed E-state index contributed by atoms with van der Waals surface area (Å²) >= 11 is 5.94. The van der Waals surface area contributed by atoms with Crippen molar-refractivity contribution in [1.29, 1.82) is 0 Å². The van der Waals surface area contributed by atoms with E-state index in [0.717, 1.165) is 31.0 Å². The van der Waals surface area contributed by atoms with Gasteiger partial charge in [0.25, 0.3) is 0 Å². The topological polar surface area (TPSA) is 29.5 Å². The molecule has 1 aromatic carbocycles. The lowest BCUT2D eigenvalue weighted by Gasteiger charge is -2.31. The second-order valence-corrected chi connectivity index (χ2v) is 5.44. The summed E-state index contributed by atoms with van der Waals surface area (Å²) in [5.74, 6) is 0.233. The first-order valence-corrected chi connectivity index (χ1v) is 7.17. The third kappa shape index (κ3) is 4.51. The highest BCUT2D eigenvalue weighted by molar-refractivity contribution is 6.30. The predicted octanol–water partition coefficient (Wildman–Crippen LogP) is 2.91. The lowest BCUT2D eigenvalue weighted by atomic mass is 10.1. The Morgan fingerprint density at radius 2 is 2.37 bits per heavy atom. The first kappa shape index (κ1) is 14.4. The molecule has 0 N–H and O–H groups in total. The van der Waals surface area contributed by atoms with Crippen LogP contribution in [-0.2, 0) is 16.0 Å². The molecule has 104 valence electrons. The van der Waals surface area contributed by atoms with Crippen LogP contribution in [0.1, 0.15) is 25.3 Å². The molecule has 1 amide bonds. The third-order valence-corrected chi connectivity index (χ3v) is 3.57. The number of rotatable bonds is 4. The highest BCUT2D eigenvalue weighted by atomic mass is 35.5. The van der Waals surface area contributed by atoms with Crippen LogP contribution in [0.4, 0.5) is 0 Å². The van der Waals surface area contributed by atoms with Gasteiger partial charge in [0.15, 0.2) is 0 Å². The first-order chi connectivity index (χ1) is 9.15. The number of amides is 1. The van der Waals surface area contributed by atoms with E-state index in [9.17, 15) is 4.79 Å². The number of carbonyl (C=O) groups is 1. The minimum absolute atomic E-state index is 0.158. The molecule has 19 heavy (non-hydrogen) atoms. The number of nitrogens with zero attached hydrogens (tertiary/aromatic N) is 1. The molecule has 1 fully saturated rings. The number of hydrogen-bond donors (Lipinski definition) is 0. The molecule has 0 aliphatic carbocycles. The molecule has 1 aromatic rings. The minimum Gasteiger partial charge on any atom is -0.375 e. The Bertz CT molecular complexity index is 436. The van der Waals surface area contributed by atoms with Gasteiger partial charge in [0.2, 0.25) is 5.91 Å². The fraction of sp³-hybridized carbons (Fsp3) is 0.533. The summed E-state index contributed by atoms with van der Waals surface area (Å²) < 4.78 is 5.44. The van der Waals surface area contributed by atoms with Crippen molar-refractivity contribution < 1.29 is 9.53 Å². The SMILES string of the molecule is CC1CN(C(=O)CCCc2cccc(Cl)c2)CCO1. The number of benzene rings is 1. The molecule has 1 aliphatic heterocycles. The van der Waals surface area contributed by atoms with Crippen LogP contribution in [0, 0.1) is 0 Å². The van der Waals surface area contributed by atoms with Gasteiger partial charge in [0.05, 0.1) is 12.7 Å². The molecule has 1 saturated heterocycles. The highest BCUT2D eigenvalue weighted by Crippen LogP contribution is 2.14. The number of ether oxygens (including phenoxy) is 1. The standard InChI is InChI=1S/C15H20ClNO2/c1-12-11-17(8-9-19-12)15(18)7-3-5-13-4-2-6-14(16)10-13/h2,4,6,10,12H,3,5,7-9,11H2,1H3. The average molecular weight is 282 g/mol. The van der Waals surface area contributed by atoms with E-state index in [4.69, 9.17) is 16.3 Å². The van der Waals surface area contributed by atoms with Crippen molar-refractivity contribution in [2.45, 2.75) is 32.3 Å². The molecular formula is C15H20ClNO2. The lowest BCUT2D eigenvalue weighted by molar-refractivity contribution is -0.138. The molecule has 4 heteroatoms. The van der Waals surface area contributed by atoms with E-state index in [1.807, 2.05) is 36.1 Å². The molecule has 0 saturated carbocycles. The summed E-state index contributed by atoms with van der Waals surface area (Å²) in [5.41, 5.74) is 1.19. The number of hydrogen-bond acceptors (Lipinski definition) is 2. The van der Waals surface area contributed by atoms with Crippen molar-refractivity contribution in [2.75, 3.05) is 19.7 Å². The maximum absolute atomic E-state index is 12.0. The van der Waals surface area contributed by atoms with Crippen LogP contribution in [0.5, 0.6) is 0 Å². The molecule has 0 radical (unpaired) electrons. The van der Waals surface area contributed by atoms with E-state index in [0.29, 0.717) is 13.0 Å². The van der Waals surface area contributed by atoms with Crippen molar-refractivity contribution in [2.24, 2.45) is 0 Å². The molecular weight excluding hydrogens is 262 g/mol. The Labute approximate surface area is 119 Å². The first-order valence-electron chi connectivity index (χ1n) is 6.79. The van der Waals surface area contributed by atoms with Crippen LogP contribution in [0.3, 0.4) is 0 Å². The molecule has 3 nitrogen and oxygen atoms in total. The van der Waals surface area contributed by atoms with E-state index in [1.165, 1.54) is 5.56 Å². The zero-order chi connectivity index (χ0) is 13.7. The monoisotopic (exact) mass is 281 g/mol. The Morgan fingerprint density at radius 1 is 1.53 bits per heavy atom. The highest BCUT2D eigenvalue weighted by Gasteiger charge is 2.20. The molecule has 0 spiro atoms. The molecule has 2 rings (SSSR count). The van der Waals surface area contributed by atoms with Crippen LogP contribution in [0.25, 0.3) is 0 Å². The number of halogens is 1. The Kier molecular flexibility index (Phi) is 5.23. The van der Waals surface area contributed by atoms with Crippen LogP contribution in [0.2, 0.25) is 5.02 Å². The summed E-state index contributed by atoms with van der Waals surface area (Å²) in [6.07, 6.45) is 2.52. The van der Waals surface area contributed by atoms with Gasteiger partial charge in [0, 0.05) is 24.5 Å². The van der Waals surface area contributed by atoms with Crippen molar-refractivity contribution in [3.8, 4) is 0 Å². The average Bonchev–Trinajstić information content (AvgIpc) is 2.38. The van der Waals surface area contributed by atoms with Gasteiger partial charge in [-0.15, -0.1) is 0 Å². The van der Waals surface area contributed by atoms with Crippen LogP contribution >= 0.6 is 11.6 Å².